The Morgan fingerprint density at radius 2 is 2.12 bits per heavy atom. The Balaban J connectivity index is 0.00000225. The van der Waals surface area contributed by atoms with Crippen molar-refractivity contribution >= 4 is 21.5 Å². The van der Waals surface area contributed by atoms with Gasteiger partial charge in [0.2, 0.25) is 0 Å². The average molecular weight is 271 g/mol. The zero-order valence-corrected chi connectivity index (χ0v) is 12.9. The number of unbranched alkanes of at least 4 members (excludes halogenated alkanes) is 1. The van der Waals surface area contributed by atoms with Gasteiger partial charge in [-0.2, -0.15) is 11.3 Å². The molecule has 86 valence electrons. The Morgan fingerprint density at radius 1 is 1.38 bits per heavy atom. The van der Waals surface area contributed by atoms with Crippen LogP contribution in [-0.4, -0.2) is 25.3 Å². The van der Waals surface area contributed by atoms with Crippen LogP contribution in [-0.2, 0) is 16.7 Å². The molecule has 0 spiro atoms. The molecule has 1 aromatic rings. The van der Waals surface area contributed by atoms with Crippen molar-refractivity contribution in [3.05, 3.63) is 22.4 Å². The molecule has 0 amide bonds. The van der Waals surface area contributed by atoms with Gasteiger partial charge in [-0.15, -0.1) is 0 Å². The summed E-state index contributed by atoms with van der Waals surface area (Å²) in [5, 5.41) is 7.26. The Labute approximate surface area is 122 Å². The van der Waals surface area contributed by atoms with Gasteiger partial charge in [0.25, 0.3) is 0 Å². The van der Waals surface area contributed by atoms with Gasteiger partial charge >= 0.3 is 29.6 Å². The Hall–Kier alpha value is 0.570. The molecule has 0 saturated heterocycles. The van der Waals surface area contributed by atoms with E-state index in [-0.39, 0.29) is 35.3 Å². The number of rotatable bonds is 7. The quantitative estimate of drug-likeness (QED) is 0.360. The fourth-order valence-corrected chi connectivity index (χ4v) is 2.38. The average Bonchev–Trinajstić information content (AvgIpc) is 2.61. The molecule has 0 bridgehead atoms. The van der Waals surface area contributed by atoms with E-state index in [1.54, 1.807) is 11.3 Å². The molecular weight excluding hydrogens is 257 g/mol. The Morgan fingerprint density at radius 3 is 2.69 bits per heavy atom. The minimum absolute atomic E-state index is 0. The predicted molar refractivity (Wildman–Crippen MR) is 59.8 cm³/mol. The van der Waals surface area contributed by atoms with Gasteiger partial charge in [-0.05, 0) is 41.8 Å². The van der Waals surface area contributed by atoms with Crippen molar-refractivity contribution in [2.45, 2.75) is 19.4 Å². The molecule has 0 atom stereocenters. The van der Waals surface area contributed by atoms with Crippen LogP contribution in [0, 0.1) is 0 Å². The summed E-state index contributed by atoms with van der Waals surface area (Å²) < 4.78 is 30.8. The minimum Gasteiger partial charge on any atom is -0.748 e. The summed E-state index contributed by atoms with van der Waals surface area (Å²) in [7, 11) is -4.03. The van der Waals surface area contributed by atoms with Crippen molar-refractivity contribution in [2.24, 2.45) is 0 Å². The van der Waals surface area contributed by atoms with E-state index in [1.807, 2.05) is 11.4 Å². The van der Waals surface area contributed by atoms with Gasteiger partial charge in [-0.25, -0.2) is 8.42 Å². The summed E-state index contributed by atoms with van der Waals surface area (Å²) in [6, 6.07) is 2.04. The van der Waals surface area contributed by atoms with Gasteiger partial charge in [0.05, 0.1) is 10.1 Å². The van der Waals surface area contributed by atoms with Crippen LogP contribution >= 0.6 is 11.3 Å². The van der Waals surface area contributed by atoms with Gasteiger partial charge in [0.1, 0.15) is 0 Å². The summed E-state index contributed by atoms with van der Waals surface area (Å²) >= 11 is 1.65. The molecule has 0 unspecified atom stereocenters. The fourth-order valence-electron chi connectivity index (χ4n) is 1.15. The summed E-state index contributed by atoms with van der Waals surface area (Å²) in [6.45, 7) is 1.54. The standard InChI is InChI=1S/C9H15NO3S2.Na/c11-15(12,13)6-2-1-4-10-7-9-3-5-14-8-9;/h3,5,8,10H,1-2,4,6-7H2,(H,11,12,13);/q;+1/p-1. The third kappa shape index (κ3) is 8.69. The van der Waals surface area contributed by atoms with Crippen molar-refractivity contribution in [1.82, 2.24) is 5.32 Å². The molecule has 16 heavy (non-hydrogen) atoms. The second kappa shape index (κ2) is 8.63. The zero-order valence-electron chi connectivity index (χ0n) is 9.31. The second-order valence-corrected chi connectivity index (χ2v) is 5.58. The first-order chi connectivity index (χ1) is 7.08. The van der Waals surface area contributed by atoms with Crippen molar-refractivity contribution in [3.63, 3.8) is 0 Å². The topological polar surface area (TPSA) is 69.2 Å². The van der Waals surface area contributed by atoms with E-state index in [1.165, 1.54) is 5.56 Å². The van der Waals surface area contributed by atoms with E-state index in [0.717, 1.165) is 13.1 Å². The molecule has 1 rings (SSSR count). The zero-order chi connectivity index (χ0) is 11.1. The van der Waals surface area contributed by atoms with Crippen LogP contribution in [0.3, 0.4) is 0 Å². The largest absolute Gasteiger partial charge is 1.00 e. The smallest absolute Gasteiger partial charge is 0.748 e. The van der Waals surface area contributed by atoms with Crippen LogP contribution < -0.4 is 34.9 Å². The van der Waals surface area contributed by atoms with Gasteiger partial charge < -0.3 is 9.87 Å². The Kier molecular flexibility index (Phi) is 8.94. The fraction of sp³-hybridized carbons (Fsp3) is 0.556. The predicted octanol–water partition coefficient (Wildman–Crippen LogP) is -1.83. The molecule has 0 aliphatic rings. The maximum Gasteiger partial charge on any atom is 1.00 e. The van der Waals surface area contributed by atoms with Crippen LogP contribution in [0.1, 0.15) is 18.4 Å². The van der Waals surface area contributed by atoms with Crippen molar-refractivity contribution in [1.29, 1.82) is 0 Å². The molecule has 1 aromatic heterocycles. The van der Waals surface area contributed by atoms with E-state index in [4.69, 9.17) is 0 Å². The van der Waals surface area contributed by atoms with Gasteiger partial charge in [-0.3, -0.25) is 0 Å². The summed E-state index contributed by atoms with van der Waals surface area (Å²) in [6.07, 6.45) is 1.15. The number of hydrogen-bond donors (Lipinski definition) is 1. The van der Waals surface area contributed by atoms with E-state index in [2.05, 4.69) is 10.7 Å². The van der Waals surface area contributed by atoms with E-state index < -0.39 is 10.1 Å². The summed E-state index contributed by atoms with van der Waals surface area (Å²) in [4.78, 5) is 0. The maximum absolute atomic E-state index is 10.3. The van der Waals surface area contributed by atoms with Crippen LogP contribution in [0.5, 0.6) is 0 Å². The summed E-state index contributed by atoms with van der Waals surface area (Å²) in [5.74, 6) is -0.257. The van der Waals surface area contributed by atoms with E-state index in [9.17, 15) is 13.0 Å². The molecule has 4 nitrogen and oxygen atoms in total. The SMILES string of the molecule is O=S(=O)([O-])CCCCNCc1ccsc1.[Na+]. The van der Waals surface area contributed by atoms with Crippen molar-refractivity contribution < 1.29 is 42.5 Å². The third-order valence-electron chi connectivity index (χ3n) is 1.91. The maximum atomic E-state index is 10.3. The molecule has 0 aliphatic carbocycles. The summed E-state index contributed by atoms with van der Waals surface area (Å²) in [5.41, 5.74) is 1.23. The molecule has 1 heterocycles. The number of hydrogen-bond acceptors (Lipinski definition) is 5. The monoisotopic (exact) mass is 271 g/mol. The minimum atomic E-state index is -4.03. The van der Waals surface area contributed by atoms with Gasteiger partial charge in [0, 0.05) is 12.3 Å². The van der Waals surface area contributed by atoms with E-state index >= 15 is 0 Å². The second-order valence-electron chi connectivity index (χ2n) is 3.28. The number of nitrogens with one attached hydrogen (secondary N) is 1. The Bertz CT molecular complexity index is 364. The molecule has 0 aliphatic heterocycles. The van der Waals surface area contributed by atoms with Gasteiger partial charge in [0.15, 0.2) is 0 Å². The number of thiophene rings is 1. The van der Waals surface area contributed by atoms with Crippen molar-refractivity contribution in [2.75, 3.05) is 12.3 Å². The molecule has 1 N–H and O–H groups in total. The molecule has 7 heteroatoms. The first-order valence-electron chi connectivity index (χ1n) is 4.73. The molecule has 0 fully saturated rings. The molecular formula is C9H14NNaO3S2. The van der Waals surface area contributed by atoms with Crippen LogP contribution in [0.4, 0.5) is 0 Å². The van der Waals surface area contributed by atoms with Crippen LogP contribution in [0.15, 0.2) is 16.8 Å². The molecule has 0 saturated carbocycles. The molecule has 0 aromatic carbocycles. The van der Waals surface area contributed by atoms with Crippen molar-refractivity contribution in [3.8, 4) is 0 Å². The van der Waals surface area contributed by atoms with Crippen LogP contribution in [0.2, 0.25) is 0 Å². The van der Waals surface area contributed by atoms with Gasteiger partial charge in [-0.1, -0.05) is 0 Å². The molecule has 0 radical (unpaired) electrons. The third-order valence-corrected chi connectivity index (χ3v) is 3.43. The first-order valence-corrected chi connectivity index (χ1v) is 7.25. The van der Waals surface area contributed by atoms with Crippen LogP contribution in [0.25, 0.3) is 0 Å². The first kappa shape index (κ1) is 16.6. The van der Waals surface area contributed by atoms with E-state index in [0.29, 0.717) is 12.8 Å². The normalized spacial score (nSPS) is 11.1.